The van der Waals surface area contributed by atoms with Crippen molar-refractivity contribution in [2.24, 2.45) is 50.2 Å². The van der Waals surface area contributed by atoms with E-state index in [1.54, 1.807) is 0 Å². The van der Waals surface area contributed by atoms with Gasteiger partial charge in [0, 0.05) is 11.3 Å². The van der Waals surface area contributed by atoms with Crippen LogP contribution in [0.25, 0.3) is 0 Å². The number of carbonyl (C=O) groups is 3. The molecule has 0 bridgehead atoms. The van der Waals surface area contributed by atoms with Crippen molar-refractivity contribution >= 4 is 17.5 Å². The van der Waals surface area contributed by atoms with Crippen LogP contribution in [0.3, 0.4) is 0 Å². The third kappa shape index (κ3) is 2.96. The minimum absolute atomic E-state index is 0.000514. The topological polar surface area (TPSA) is 60.4 Å². The second-order valence-corrected chi connectivity index (χ2v) is 15.2. The standard InChI is InChI=1S/C32H46O4/c1-19-17-29(6)22(28(4,5)25(19)34)10-11-30(7)23(29)16-21(33)24-20-18-27(2,3)12-14-32(20,26(35)36-9)15-13-31(24,30)8/h16,20,22,24H,1,10-15,17-18H2,2-9H3. The minimum atomic E-state index is -0.555. The third-order valence-corrected chi connectivity index (χ3v) is 12.6. The van der Waals surface area contributed by atoms with Gasteiger partial charge in [-0.15, -0.1) is 0 Å². The van der Waals surface area contributed by atoms with Crippen LogP contribution >= 0.6 is 0 Å². The zero-order valence-corrected chi connectivity index (χ0v) is 23.8. The molecule has 4 nitrogen and oxygen atoms in total. The maximum Gasteiger partial charge on any atom is 0.312 e. The Labute approximate surface area is 217 Å². The molecule has 0 spiro atoms. The van der Waals surface area contributed by atoms with Crippen molar-refractivity contribution in [3.05, 3.63) is 23.8 Å². The monoisotopic (exact) mass is 494 g/mol. The highest BCUT2D eigenvalue weighted by Crippen LogP contribution is 2.75. The van der Waals surface area contributed by atoms with Gasteiger partial charge in [0.1, 0.15) is 0 Å². The number of hydrogen-bond acceptors (Lipinski definition) is 4. The molecule has 198 valence electrons. The molecule has 7 atom stereocenters. The van der Waals surface area contributed by atoms with Gasteiger partial charge in [0.25, 0.3) is 0 Å². The molecule has 0 aromatic heterocycles. The fourth-order valence-corrected chi connectivity index (χ4v) is 10.5. The van der Waals surface area contributed by atoms with Crippen LogP contribution in [0, 0.1) is 50.2 Å². The van der Waals surface area contributed by atoms with E-state index in [1.165, 1.54) is 12.7 Å². The number of carbonyl (C=O) groups excluding carboxylic acids is 3. The average molecular weight is 495 g/mol. The smallest absolute Gasteiger partial charge is 0.312 e. The number of ether oxygens (including phenoxy) is 1. The van der Waals surface area contributed by atoms with Crippen LogP contribution in [0.4, 0.5) is 0 Å². The second-order valence-electron chi connectivity index (χ2n) is 15.2. The Balaban J connectivity index is 1.67. The highest BCUT2D eigenvalue weighted by Gasteiger charge is 2.71. The van der Waals surface area contributed by atoms with E-state index >= 15 is 0 Å². The molecule has 4 heteroatoms. The van der Waals surface area contributed by atoms with E-state index < -0.39 is 10.8 Å². The molecule has 0 aromatic rings. The first-order valence-corrected chi connectivity index (χ1v) is 14.1. The lowest BCUT2D eigenvalue weighted by Gasteiger charge is -2.69. The van der Waals surface area contributed by atoms with E-state index in [-0.39, 0.29) is 56.9 Å². The molecule has 36 heavy (non-hydrogen) atoms. The summed E-state index contributed by atoms with van der Waals surface area (Å²) in [6.45, 7) is 20.0. The second kappa shape index (κ2) is 7.44. The van der Waals surface area contributed by atoms with Gasteiger partial charge in [-0.25, -0.2) is 0 Å². The van der Waals surface area contributed by atoms with E-state index in [4.69, 9.17) is 4.74 Å². The van der Waals surface area contributed by atoms with E-state index in [1.807, 2.05) is 6.08 Å². The van der Waals surface area contributed by atoms with Crippen molar-refractivity contribution in [2.45, 2.75) is 99.8 Å². The first kappa shape index (κ1) is 25.9. The summed E-state index contributed by atoms with van der Waals surface area (Å²) in [6.07, 6.45) is 8.90. The molecular weight excluding hydrogens is 448 g/mol. The number of methoxy groups -OCH3 is 1. The first-order valence-electron chi connectivity index (χ1n) is 14.1. The summed E-state index contributed by atoms with van der Waals surface area (Å²) in [5, 5.41) is 0. The summed E-state index contributed by atoms with van der Waals surface area (Å²) >= 11 is 0. The predicted octanol–water partition coefficient (Wildman–Crippen LogP) is 6.88. The molecule has 0 saturated heterocycles. The molecule has 0 radical (unpaired) electrons. The number of esters is 1. The maximum atomic E-state index is 14.4. The van der Waals surface area contributed by atoms with Crippen LogP contribution in [-0.4, -0.2) is 24.6 Å². The van der Waals surface area contributed by atoms with Crippen LogP contribution in [-0.2, 0) is 19.1 Å². The predicted molar refractivity (Wildman–Crippen MR) is 141 cm³/mol. The van der Waals surface area contributed by atoms with Gasteiger partial charge in [0.15, 0.2) is 11.6 Å². The fraction of sp³-hybridized carbons (Fsp3) is 0.781. The van der Waals surface area contributed by atoms with Crippen molar-refractivity contribution in [3.8, 4) is 0 Å². The van der Waals surface area contributed by atoms with Crippen LogP contribution in [0.1, 0.15) is 99.8 Å². The van der Waals surface area contributed by atoms with Crippen molar-refractivity contribution in [3.63, 3.8) is 0 Å². The van der Waals surface area contributed by atoms with Crippen molar-refractivity contribution < 1.29 is 19.1 Å². The number of Topliss-reactive ketones (excluding diaryl/α,β-unsaturated/α-hetero) is 1. The third-order valence-electron chi connectivity index (χ3n) is 12.6. The fourth-order valence-electron chi connectivity index (χ4n) is 10.5. The van der Waals surface area contributed by atoms with Gasteiger partial charge in [-0.1, -0.05) is 60.6 Å². The van der Waals surface area contributed by atoms with Gasteiger partial charge in [0.2, 0.25) is 0 Å². The lowest BCUT2D eigenvalue weighted by Crippen LogP contribution is -2.66. The molecule has 5 rings (SSSR count). The molecular formula is C32H46O4. The van der Waals surface area contributed by atoms with Crippen LogP contribution in [0.5, 0.6) is 0 Å². The van der Waals surface area contributed by atoms with E-state index in [2.05, 4.69) is 55.0 Å². The zero-order valence-electron chi connectivity index (χ0n) is 23.8. The SMILES string of the molecule is C=C1CC2(C)C3=CC(=O)C4C5CC(C)(C)CCC5(C(=O)OC)CCC4(C)C3(C)CCC2C(C)(C)C1=O. The lowest BCUT2D eigenvalue weighted by atomic mass is 9.33. The highest BCUT2D eigenvalue weighted by molar-refractivity contribution is 6.01. The molecule has 7 unspecified atom stereocenters. The Hall–Kier alpha value is -1.71. The molecule has 0 aromatic carbocycles. The number of allylic oxidation sites excluding steroid dienone is 3. The van der Waals surface area contributed by atoms with E-state index in [0.29, 0.717) is 12.0 Å². The van der Waals surface area contributed by atoms with Crippen molar-refractivity contribution in [2.75, 3.05) is 7.11 Å². The molecule has 0 N–H and O–H groups in total. The Morgan fingerprint density at radius 2 is 1.61 bits per heavy atom. The van der Waals surface area contributed by atoms with Crippen LogP contribution in [0.2, 0.25) is 0 Å². The summed E-state index contributed by atoms with van der Waals surface area (Å²) in [7, 11) is 1.50. The summed E-state index contributed by atoms with van der Waals surface area (Å²) < 4.78 is 5.42. The van der Waals surface area contributed by atoms with Gasteiger partial charge < -0.3 is 4.74 Å². The quantitative estimate of drug-likeness (QED) is 0.295. The molecule has 0 amide bonds. The highest BCUT2D eigenvalue weighted by atomic mass is 16.5. The number of hydrogen-bond donors (Lipinski definition) is 0. The molecule has 0 heterocycles. The summed E-state index contributed by atoms with van der Waals surface area (Å²) in [4.78, 5) is 40.9. The summed E-state index contributed by atoms with van der Waals surface area (Å²) in [5.41, 5.74) is 0.368. The maximum absolute atomic E-state index is 14.4. The molecule has 5 aliphatic rings. The Morgan fingerprint density at radius 3 is 2.25 bits per heavy atom. The zero-order chi connectivity index (χ0) is 26.7. The number of rotatable bonds is 1. The molecule has 4 saturated carbocycles. The van der Waals surface area contributed by atoms with Crippen molar-refractivity contribution in [1.29, 1.82) is 0 Å². The number of fused-ring (bicyclic) bond motifs is 7. The minimum Gasteiger partial charge on any atom is -0.469 e. The Morgan fingerprint density at radius 1 is 0.972 bits per heavy atom. The Bertz CT molecular complexity index is 1090. The summed E-state index contributed by atoms with van der Waals surface area (Å²) in [6, 6.07) is 0. The Kier molecular flexibility index (Phi) is 5.36. The van der Waals surface area contributed by atoms with Gasteiger partial charge in [-0.3, -0.25) is 14.4 Å². The van der Waals surface area contributed by atoms with Gasteiger partial charge >= 0.3 is 5.97 Å². The van der Waals surface area contributed by atoms with E-state index in [0.717, 1.165) is 44.9 Å². The normalized spacial score (nSPS) is 47.1. The van der Waals surface area contributed by atoms with Crippen molar-refractivity contribution in [1.82, 2.24) is 0 Å². The largest absolute Gasteiger partial charge is 0.469 e. The van der Waals surface area contributed by atoms with Gasteiger partial charge in [-0.05, 0) is 96.5 Å². The molecule has 0 aliphatic heterocycles. The molecule has 4 fully saturated rings. The average Bonchev–Trinajstić information content (AvgIpc) is 2.78. The van der Waals surface area contributed by atoms with Crippen LogP contribution in [0.15, 0.2) is 23.8 Å². The van der Waals surface area contributed by atoms with E-state index in [9.17, 15) is 14.4 Å². The number of ketones is 2. The summed E-state index contributed by atoms with van der Waals surface area (Å²) in [5.74, 6) is 0.284. The first-order chi connectivity index (χ1) is 16.5. The molecule has 5 aliphatic carbocycles. The van der Waals surface area contributed by atoms with Gasteiger partial charge in [0.05, 0.1) is 12.5 Å². The van der Waals surface area contributed by atoms with Gasteiger partial charge in [-0.2, -0.15) is 0 Å². The lowest BCUT2D eigenvalue weighted by molar-refractivity contribution is -0.192. The van der Waals surface area contributed by atoms with Crippen LogP contribution < -0.4 is 0 Å².